The van der Waals surface area contributed by atoms with E-state index < -0.39 is 11.5 Å². The molecule has 6 heteroatoms. The fourth-order valence-corrected chi connectivity index (χ4v) is 5.08. The Morgan fingerprint density at radius 2 is 1.97 bits per heavy atom. The number of carbonyl (C=O) groups is 2. The van der Waals surface area contributed by atoms with E-state index in [0.717, 1.165) is 11.1 Å². The molecule has 0 radical (unpaired) electrons. The zero-order chi connectivity index (χ0) is 22.7. The first-order valence-electron chi connectivity index (χ1n) is 11.2. The number of esters is 1. The first kappa shape index (κ1) is 21.9. The molecule has 166 valence electrons. The molecule has 1 unspecified atom stereocenters. The molecule has 2 aromatic carbocycles. The highest BCUT2D eigenvalue weighted by Gasteiger charge is 2.51. The smallest absolute Gasteiger partial charge is 0.308 e. The van der Waals surface area contributed by atoms with Gasteiger partial charge in [0.05, 0.1) is 30.1 Å². The molecule has 1 atom stereocenters. The van der Waals surface area contributed by atoms with Crippen LogP contribution < -0.4 is 10.5 Å². The minimum Gasteiger partial charge on any atom is -0.486 e. The average Bonchev–Trinajstić information content (AvgIpc) is 2.79. The first-order valence-corrected chi connectivity index (χ1v) is 11.2. The predicted molar refractivity (Wildman–Crippen MR) is 121 cm³/mol. The van der Waals surface area contributed by atoms with Gasteiger partial charge in [0.1, 0.15) is 11.4 Å². The third kappa shape index (κ3) is 4.08. The van der Waals surface area contributed by atoms with Crippen molar-refractivity contribution in [2.24, 2.45) is 11.8 Å². The summed E-state index contributed by atoms with van der Waals surface area (Å²) < 4.78 is 11.8. The van der Waals surface area contributed by atoms with Gasteiger partial charge in [0, 0.05) is 12.1 Å². The second-order valence-corrected chi connectivity index (χ2v) is 8.64. The zero-order valence-corrected chi connectivity index (χ0v) is 18.3. The molecule has 32 heavy (non-hydrogen) atoms. The Labute approximate surface area is 188 Å². The molecule has 0 amide bonds. The van der Waals surface area contributed by atoms with Crippen LogP contribution in [0.15, 0.2) is 42.5 Å². The summed E-state index contributed by atoms with van der Waals surface area (Å²) in [5, 5.41) is 9.15. The van der Waals surface area contributed by atoms with E-state index in [2.05, 4.69) is 6.07 Å². The molecule has 0 aromatic heterocycles. The molecule has 2 aliphatic rings. The number of anilines is 1. The average molecular weight is 433 g/mol. The van der Waals surface area contributed by atoms with Crippen LogP contribution in [-0.2, 0) is 9.53 Å². The quantitative estimate of drug-likeness (QED) is 0.531. The summed E-state index contributed by atoms with van der Waals surface area (Å²) in [6.07, 6.45) is 3.13. The van der Waals surface area contributed by atoms with E-state index in [0.29, 0.717) is 62.1 Å². The van der Waals surface area contributed by atoms with E-state index in [4.69, 9.17) is 20.5 Å². The number of Topliss-reactive ketones (excluding diaryl/α,β-unsaturated/α-hetero) is 1. The molecule has 0 saturated heterocycles. The second kappa shape index (κ2) is 9.04. The van der Waals surface area contributed by atoms with E-state index in [1.165, 1.54) is 0 Å². The Balaban J connectivity index is 1.66. The third-order valence-corrected chi connectivity index (χ3v) is 6.73. The molecule has 1 fully saturated rings. The van der Waals surface area contributed by atoms with Gasteiger partial charge in [-0.2, -0.15) is 5.26 Å². The van der Waals surface area contributed by atoms with Crippen molar-refractivity contribution in [3.05, 3.63) is 48.0 Å². The van der Waals surface area contributed by atoms with Crippen LogP contribution in [0.4, 0.5) is 5.69 Å². The lowest BCUT2D eigenvalue weighted by atomic mass is 9.67. The van der Waals surface area contributed by atoms with E-state index in [9.17, 15) is 9.59 Å². The fraction of sp³-hybridized carbons (Fsp3) is 0.423. The largest absolute Gasteiger partial charge is 0.486 e. The molecule has 1 aliphatic heterocycles. The van der Waals surface area contributed by atoms with Crippen LogP contribution in [0.1, 0.15) is 55.8 Å². The van der Waals surface area contributed by atoms with Gasteiger partial charge >= 0.3 is 5.97 Å². The van der Waals surface area contributed by atoms with Gasteiger partial charge in [-0.15, -0.1) is 0 Å². The number of fused-ring (bicyclic) bond motifs is 1. The number of hydrogen-bond acceptors (Lipinski definition) is 6. The maximum atomic E-state index is 13.5. The molecule has 1 spiro atoms. The Kier molecular flexibility index (Phi) is 6.18. The van der Waals surface area contributed by atoms with Crippen molar-refractivity contribution in [1.29, 1.82) is 5.26 Å². The lowest BCUT2D eigenvalue weighted by Gasteiger charge is -2.47. The maximum Gasteiger partial charge on any atom is 0.308 e. The van der Waals surface area contributed by atoms with Gasteiger partial charge in [0.2, 0.25) is 0 Å². The standard InChI is InChI=1S/C26H28N2O4/c1-2-31-25(30)17-10-12-26(13-11-17)22(7-4-14-27)24(29)21-9-8-19(16-23(21)32-26)18-5-3-6-20(28)15-18/h3,5-6,8-9,15-17,22H,2,4,7,10-13,28H2,1H3. The van der Waals surface area contributed by atoms with Gasteiger partial charge in [-0.05, 0) is 74.4 Å². The zero-order valence-electron chi connectivity index (χ0n) is 18.3. The summed E-state index contributed by atoms with van der Waals surface area (Å²) in [5.74, 6) is -0.151. The summed E-state index contributed by atoms with van der Waals surface area (Å²) in [6.45, 7) is 2.17. The van der Waals surface area contributed by atoms with Crippen LogP contribution in [0, 0.1) is 23.2 Å². The summed E-state index contributed by atoms with van der Waals surface area (Å²) in [5.41, 5.74) is 8.35. The topological polar surface area (TPSA) is 102 Å². The van der Waals surface area contributed by atoms with Gasteiger partial charge < -0.3 is 15.2 Å². The molecule has 4 rings (SSSR count). The number of nitriles is 1. The van der Waals surface area contributed by atoms with Crippen molar-refractivity contribution in [1.82, 2.24) is 0 Å². The number of nitrogens with zero attached hydrogens (tertiary/aromatic N) is 1. The SMILES string of the molecule is CCOC(=O)C1CCC2(CC1)Oc1cc(-c3cccc(N)c3)ccc1C(=O)C2CCC#N. The summed E-state index contributed by atoms with van der Waals surface area (Å²) in [4.78, 5) is 25.7. The number of ketones is 1. The highest BCUT2D eigenvalue weighted by molar-refractivity contribution is 6.02. The van der Waals surface area contributed by atoms with Crippen molar-refractivity contribution in [2.75, 3.05) is 12.3 Å². The number of nitrogen functional groups attached to an aromatic ring is 1. The normalized spacial score (nSPS) is 24.3. The van der Waals surface area contributed by atoms with E-state index in [1.807, 2.05) is 42.5 Å². The van der Waals surface area contributed by atoms with Crippen molar-refractivity contribution < 1.29 is 19.1 Å². The van der Waals surface area contributed by atoms with Crippen molar-refractivity contribution >= 4 is 17.4 Å². The molecule has 0 bridgehead atoms. The van der Waals surface area contributed by atoms with E-state index >= 15 is 0 Å². The highest BCUT2D eigenvalue weighted by atomic mass is 16.5. The van der Waals surface area contributed by atoms with Crippen molar-refractivity contribution in [3.8, 4) is 22.9 Å². The fourth-order valence-electron chi connectivity index (χ4n) is 5.08. The molecule has 1 saturated carbocycles. The van der Waals surface area contributed by atoms with Gasteiger partial charge in [0.25, 0.3) is 0 Å². The molecule has 2 aromatic rings. The summed E-state index contributed by atoms with van der Waals surface area (Å²) in [6, 6.07) is 15.4. The number of carbonyl (C=O) groups excluding carboxylic acids is 2. The van der Waals surface area contributed by atoms with Crippen LogP contribution in [0.2, 0.25) is 0 Å². The Hall–Kier alpha value is -3.33. The van der Waals surface area contributed by atoms with Crippen molar-refractivity contribution in [3.63, 3.8) is 0 Å². The Bertz CT molecular complexity index is 1060. The molecular formula is C26H28N2O4. The van der Waals surface area contributed by atoms with Crippen LogP contribution in [0.25, 0.3) is 11.1 Å². The number of benzene rings is 2. The third-order valence-electron chi connectivity index (χ3n) is 6.73. The van der Waals surface area contributed by atoms with Crippen LogP contribution >= 0.6 is 0 Å². The van der Waals surface area contributed by atoms with Gasteiger partial charge in [-0.3, -0.25) is 9.59 Å². The van der Waals surface area contributed by atoms with Crippen LogP contribution in [0.3, 0.4) is 0 Å². The maximum absolute atomic E-state index is 13.5. The Morgan fingerprint density at radius 3 is 2.66 bits per heavy atom. The van der Waals surface area contributed by atoms with E-state index in [-0.39, 0.29) is 17.7 Å². The number of rotatable bonds is 5. The first-order chi connectivity index (χ1) is 15.5. The minimum absolute atomic E-state index is 0.0233. The predicted octanol–water partition coefficient (Wildman–Crippen LogP) is 4.92. The Morgan fingerprint density at radius 1 is 1.22 bits per heavy atom. The number of nitrogens with two attached hydrogens (primary N) is 1. The summed E-state index contributed by atoms with van der Waals surface area (Å²) in [7, 11) is 0. The molecule has 2 N–H and O–H groups in total. The molecular weight excluding hydrogens is 404 g/mol. The van der Waals surface area contributed by atoms with Crippen molar-refractivity contribution in [2.45, 2.75) is 51.0 Å². The summed E-state index contributed by atoms with van der Waals surface area (Å²) >= 11 is 0. The van der Waals surface area contributed by atoms with E-state index in [1.54, 1.807) is 6.92 Å². The van der Waals surface area contributed by atoms with Gasteiger partial charge in [-0.25, -0.2) is 0 Å². The highest BCUT2D eigenvalue weighted by Crippen LogP contribution is 2.48. The van der Waals surface area contributed by atoms with Crippen LogP contribution in [-0.4, -0.2) is 24.0 Å². The molecule has 1 heterocycles. The lowest BCUT2D eigenvalue weighted by molar-refractivity contribution is -0.151. The lowest BCUT2D eigenvalue weighted by Crippen LogP contribution is -2.53. The molecule has 1 aliphatic carbocycles. The second-order valence-electron chi connectivity index (χ2n) is 8.64. The van der Waals surface area contributed by atoms with Crippen LogP contribution in [0.5, 0.6) is 5.75 Å². The van der Waals surface area contributed by atoms with Gasteiger partial charge in [0.15, 0.2) is 5.78 Å². The number of ether oxygens (including phenoxy) is 2. The molecule has 6 nitrogen and oxygen atoms in total. The monoisotopic (exact) mass is 432 g/mol. The minimum atomic E-state index is -0.696. The van der Waals surface area contributed by atoms with Gasteiger partial charge in [-0.1, -0.05) is 18.2 Å². The number of hydrogen-bond donors (Lipinski definition) is 1.